The summed E-state index contributed by atoms with van der Waals surface area (Å²) < 4.78 is 0. The van der Waals surface area contributed by atoms with Gasteiger partial charge in [0.25, 0.3) is 0 Å². The highest BCUT2D eigenvalue weighted by Gasteiger charge is 2.60. The van der Waals surface area contributed by atoms with Gasteiger partial charge in [0, 0.05) is 25.8 Å². The maximum Gasteiger partial charge on any atom is 0.224 e. The normalized spacial score (nSPS) is 24.6. The number of carbonyl (C=O) groups excluding carboxylic acids is 1. The SMILES string of the molecule is CC(C)=C[C@@H]1[C@@H](C(=O)NCc2ccnc(N3CCCC3)c2)C1(C)C. The summed E-state index contributed by atoms with van der Waals surface area (Å²) in [6, 6.07) is 4.10. The highest BCUT2D eigenvalue weighted by atomic mass is 16.2. The summed E-state index contributed by atoms with van der Waals surface area (Å²) in [5.74, 6) is 1.66. The molecule has 1 aliphatic carbocycles. The summed E-state index contributed by atoms with van der Waals surface area (Å²) in [5.41, 5.74) is 2.48. The lowest BCUT2D eigenvalue weighted by Crippen LogP contribution is -2.26. The predicted molar refractivity (Wildman–Crippen MR) is 97.7 cm³/mol. The maximum absolute atomic E-state index is 12.6. The van der Waals surface area contributed by atoms with E-state index in [9.17, 15) is 4.79 Å². The second-order valence-corrected chi connectivity index (χ2v) is 8.00. The van der Waals surface area contributed by atoms with Crippen LogP contribution < -0.4 is 10.2 Å². The van der Waals surface area contributed by atoms with Crippen LogP contribution in [0.3, 0.4) is 0 Å². The summed E-state index contributed by atoms with van der Waals surface area (Å²) in [5, 5.41) is 3.12. The molecule has 0 spiro atoms. The molecule has 1 aromatic heterocycles. The first kappa shape index (κ1) is 17.0. The number of hydrogen-bond acceptors (Lipinski definition) is 3. The molecule has 4 nitrogen and oxygen atoms in total. The molecular weight excluding hydrogens is 298 g/mol. The molecule has 0 unspecified atom stereocenters. The fourth-order valence-electron chi connectivity index (χ4n) is 3.84. The Morgan fingerprint density at radius 3 is 2.75 bits per heavy atom. The number of aromatic nitrogens is 1. The van der Waals surface area contributed by atoms with Gasteiger partial charge in [0.2, 0.25) is 5.91 Å². The summed E-state index contributed by atoms with van der Waals surface area (Å²) >= 11 is 0. The number of nitrogens with one attached hydrogen (secondary N) is 1. The Balaban J connectivity index is 1.59. The Morgan fingerprint density at radius 2 is 2.08 bits per heavy atom. The van der Waals surface area contributed by atoms with Gasteiger partial charge in [0.1, 0.15) is 5.82 Å². The molecule has 130 valence electrons. The minimum atomic E-state index is 0.0698. The molecule has 2 heterocycles. The van der Waals surface area contributed by atoms with Crippen LogP contribution in [0.1, 0.15) is 46.1 Å². The van der Waals surface area contributed by atoms with Gasteiger partial charge in [-0.1, -0.05) is 25.5 Å². The molecule has 4 heteroatoms. The number of anilines is 1. The van der Waals surface area contributed by atoms with Crippen LogP contribution in [0.25, 0.3) is 0 Å². The Kier molecular flexibility index (Phi) is 4.66. The predicted octanol–water partition coefficient (Wildman–Crippen LogP) is 3.54. The van der Waals surface area contributed by atoms with Crippen molar-refractivity contribution in [1.82, 2.24) is 10.3 Å². The molecular formula is C20H29N3O. The second kappa shape index (κ2) is 6.58. The molecule has 0 aromatic carbocycles. The molecule has 1 saturated heterocycles. The van der Waals surface area contributed by atoms with E-state index in [1.807, 2.05) is 12.3 Å². The molecule has 0 radical (unpaired) electrons. The quantitative estimate of drug-likeness (QED) is 0.842. The average Bonchev–Trinajstić information content (AvgIpc) is 2.94. The van der Waals surface area contributed by atoms with Crippen LogP contribution in [0.5, 0.6) is 0 Å². The zero-order valence-corrected chi connectivity index (χ0v) is 15.3. The number of nitrogens with zero attached hydrogens (tertiary/aromatic N) is 2. The number of hydrogen-bond donors (Lipinski definition) is 1. The van der Waals surface area contributed by atoms with Gasteiger partial charge in [-0.15, -0.1) is 0 Å². The number of allylic oxidation sites excluding steroid dienone is 2. The molecule has 1 saturated carbocycles. The minimum absolute atomic E-state index is 0.0698. The van der Waals surface area contributed by atoms with Gasteiger partial charge in [0.05, 0.1) is 5.92 Å². The third kappa shape index (κ3) is 3.47. The largest absolute Gasteiger partial charge is 0.357 e. The smallest absolute Gasteiger partial charge is 0.224 e. The lowest BCUT2D eigenvalue weighted by atomic mass is 10.1. The van der Waals surface area contributed by atoms with Crippen LogP contribution in [-0.2, 0) is 11.3 Å². The summed E-state index contributed by atoms with van der Waals surface area (Å²) in [6.07, 6.45) is 6.57. The molecule has 24 heavy (non-hydrogen) atoms. The zero-order chi connectivity index (χ0) is 17.3. The zero-order valence-electron chi connectivity index (χ0n) is 15.3. The van der Waals surface area contributed by atoms with Crippen molar-refractivity contribution in [3.63, 3.8) is 0 Å². The molecule has 1 aliphatic heterocycles. The summed E-state index contributed by atoms with van der Waals surface area (Å²) in [4.78, 5) is 19.3. The van der Waals surface area contributed by atoms with Crippen molar-refractivity contribution < 1.29 is 4.79 Å². The Bertz CT molecular complexity index is 640. The maximum atomic E-state index is 12.6. The van der Waals surface area contributed by atoms with Crippen molar-refractivity contribution in [2.24, 2.45) is 17.3 Å². The van der Waals surface area contributed by atoms with E-state index in [0.717, 1.165) is 24.5 Å². The monoisotopic (exact) mass is 327 g/mol. The molecule has 1 amide bonds. The first-order chi connectivity index (χ1) is 11.4. The number of carbonyl (C=O) groups is 1. The van der Waals surface area contributed by atoms with Crippen molar-refractivity contribution in [2.45, 2.75) is 47.1 Å². The van der Waals surface area contributed by atoms with Crippen LogP contribution >= 0.6 is 0 Å². The highest BCUT2D eigenvalue weighted by molar-refractivity contribution is 5.83. The lowest BCUT2D eigenvalue weighted by molar-refractivity contribution is -0.123. The van der Waals surface area contributed by atoms with E-state index in [-0.39, 0.29) is 17.2 Å². The van der Waals surface area contributed by atoms with Gasteiger partial charge in [0.15, 0.2) is 0 Å². The van der Waals surface area contributed by atoms with Crippen LogP contribution in [0.4, 0.5) is 5.82 Å². The van der Waals surface area contributed by atoms with E-state index in [1.165, 1.54) is 18.4 Å². The molecule has 0 bridgehead atoms. The Labute approximate surface area is 145 Å². The van der Waals surface area contributed by atoms with Crippen molar-refractivity contribution in [2.75, 3.05) is 18.0 Å². The molecule has 1 aromatic rings. The average molecular weight is 327 g/mol. The van der Waals surface area contributed by atoms with E-state index in [0.29, 0.717) is 12.5 Å². The third-order valence-corrected chi connectivity index (χ3v) is 5.41. The van der Waals surface area contributed by atoms with Crippen molar-refractivity contribution in [3.05, 3.63) is 35.5 Å². The van der Waals surface area contributed by atoms with Gasteiger partial charge < -0.3 is 10.2 Å². The number of pyridine rings is 1. The lowest BCUT2D eigenvalue weighted by Gasteiger charge is -2.17. The van der Waals surface area contributed by atoms with E-state index in [4.69, 9.17) is 0 Å². The van der Waals surface area contributed by atoms with Crippen molar-refractivity contribution in [1.29, 1.82) is 0 Å². The topological polar surface area (TPSA) is 45.2 Å². The van der Waals surface area contributed by atoms with E-state index >= 15 is 0 Å². The van der Waals surface area contributed by atoms with E-state index in [1.54, 1.807) is 0 Å². The second-order valence-electron chi connectivity index (χ2n) is 8.00. The van der Waals surface area contributed by atoms with Gasteiger partial charge in [-0.2, -0.15) is 0 Å². The van der Waals surface area contributed by atoms with Crippen LogP contribution in [0.15, 0.2) is 30.0 Å². The molecule has 2 atom stereocenters. The highest BCUT2D eigenvalue weighted by Crippen LogP contribution is 2.59. The fourth-order valence-corrected chi connectivity index (χ4v) is 3.84. The van der Waals surface area contributed by atoms with Gasteiger partial charge in [-0.3, -0.25) is 4.79 Å². The molecule has 3 rings (SSSR count). The van der Waals surface area contributed by atoms with Gasteiger partial charge in [-0.25, -0.2) is 4.98 Å². The van der Waals surface area contributed by atoms with Gasteiger partial charge in [-0.05, 0) is 55.7 Å². The van der Waals surface area contributed by atoms with Crippen LogP contribution in [0.2, 0.25) is 0 Å². The van der Waals surface area contributed by atoms with E-state index < -0.39 is 0 Å². The molecule has 1 N–H and O–H groups in total. The minimum Gasteiger partial charge on any atom is -0.357 e. The van der Waals surface area contributed by atoms with Crippen molar-refractivity contribution >= 4 is 11.7 Å². The Morgan fingerprint density at radius 1 is 1.38 bits per heavy atom. The molecule has 2 aliphatic rings. The number of amides is 1. The van der Waals surface area contributed by atoms with Gasteiger partial charge >= 0.3 is 0 Å². The third-order valence-electron chi connectivity index (χ3n) is 5.41. The van der Waals surface area contributed by atoms with E-state index in [2.05, 4.69) is 55.0 Å². The standard InChI is InChI=1S/C20H29N3O/c1-14(2)11-16-18(20(16,3)4)19(24)22-13-15-7-8-21-17(12-15)23-9-5-6-10-23/h7-8,11-12,16,18H,5-6,9-10,13H2,1-4H3,(H,22,24)/t16-,18+/m1/s1. The van der Waals surface area contributed by atoms with Crippen molar-refractivity contribution in [3.8, 4) is 0 Å². The summed E-state index contributed by atoms with van der Waals surface area (Å²) in [7, 11) is 0. The molecule has 2 fully saturated rings. The van der Waals surface area contributed by atoms with Crippen LogP contribution in [-0.4, -0.2) is 24.0 Å². The fraction of sp³-hybridized carbons (Fsp3) is 0.600. The first-order valence-electron chi connectivity index (χ1n) is 9.02. The summed E-state index contributed by atoms with van der Waals surface area (Å²) in [6.45, 7) is 11.3. The Hall–Kier alpha value is -1.84. The number of rotatable bonds is 5. The van der Waals surface area contributed by atoms with Crippen LogP contribution in [0, 0.1) is 17.3 Å². The first-order valence-corrected chi connectivity index (χ1v) is 9.02.